The molecule has 3 aromatic rings. The van der Waals surface area contributed by atoms with E-state index < -0.39 is 15.8 Å². The maximum atomic E-state index is 11.7. The first kappa shape index (κ1) is 25.3. The van der Waals surface area contributed by atoms with Crippen LogP contribution in [0.1, 0.15) is 27.9 Å². The topological polar surface area (TPSA) is 155 Å². The minimum Gasteiger partial charge on any atom is -0.477 e. The lowest BCUT2D eigenvalue weighted by atomic mass is 10.2. The molecule has 0 aliphatic heterocycles. The molecule has 0 aliphatic rings. The number of carboxylic acid groups (broad SMARTS) is 1. The van der Waals surface area contributed by atoms with Crippen LogP contribution >= 0.6 is 11.3 Å². The summed E-state index contributed by atoms with van der Waals surface area (Å²) in [5.74, 6) is 0.222. The number of hydrogen-bond acceptors (Lipinski definition) is 11. The molecule has 0 bridgehead atoms. The van der Waals surface area contributed by atoms with Crippen LogP contribution < -0.4 is 16.0 Å². The molecule has 2 heterocycles. The van der Waals surface area contributed by atoms with Gasteiger partial charge in [0.1, 0.15) is 16.5 Å². The van der Waals surface area contributed by atoms with E-state index in [4.69, 9.17) is 4.74 Å². The first-order chi connectivity index (χ1) is 16.0. The highest BCUT2D eigenvalue weighted by atomic mass is 32.2. The zero-order valence-corrected chi connectivity index (χ0v) is 20.7. The van der Waals surface area contributed by atoms with E-state index in [9.17, 15) is 18.3 Å². The Kier molecular flexibility index (Phi) is 8.02. The van der Waals surface area contributed by atoms with Gasteiger partial charge in [-0.15, -0.1) is 0 Å². The number of aromatic carboxylic acids is 1. The number of carbonyl (C=O) groups is 1. The predicted octanol–water partition coefficient (Wildman–Crippen LogP) is 3.15. The Balaban J connectivity index is 1.82. The van der Waals surface area contributed by atoms with Gasteiger partial charge in [0, 0.05) is 32.0 Å². The molecule has 0 amide bonds. The van der Waals surface area contributed by atoms with Crippen molar-refractivity contribution in [3.05, 3.63) is 46.5 Å². The molecule has 2 aromatic heterocycles. The highest BCUT2D eigenvalue weighted by molar-refractivity contribution is 7.90. The van der Waals surface area contributed by atoms with Gasteiger partial charge in [0.05, 0.1) is 17.2 Å². The van der Waals surface area contributed by atoms with Gasteiger partial charge in [-0.1, -0.05) is 23.5 Å². The molecule has 4 N–H and O–H groups in total. The Labute approximate surface area is 201 Å². The molecule has 3 rings (SSSR count). The molecule has 0 fully saturated rings. The van der Waals surface area contributed by atoms with Gasteiger partial charge in [0.2, 0.25) is 5.95 Å². The van der Waals surface area contributed by atoms with Crippen LogP contribution in [0.3, 0.4) is 0 Å². The largest absolute Gasteiger partial charge is 0.477 e. The summed E-state index contributed by atoms with van der Waals surface area (Å²) in [6.07, 6.45) is 1.16. The average Bonchev–Trinajstić information content (AvgIpc) is 3.12. The number of ether oxygens (including phenoxy) is 1. The van der Waals surface area contributed by atoms with Crippen LogP contribution in [0.5, 0.6) is 0 Å². The van der Waals surface area contributed by atoms with E-state index in [1.165, 1.54) is 0 Å². The summed E-state index contributed by atoms with van der Waals surface area (Å²) in [5, 5.41) is 19.0. The van der Waals surface area contributed by atoms with Gasteiger partial charge in [0.25, 0.3) is 0 Å². The normalized spacial score (nSPS) is 12.2. The number of aromatic nitrogens is 3. The van der Waals surface area contributed by atoms with Crippen LogP contribution in [-0.4, -0.2) is 60.5 Å². The Morgan fingerprint density at radius 3 is 2.44 bits per heavy atom. The number of sulfone groups is 1. The van der Waals surface area contributed by atoms with Crippen molar-refractivity contribution in [3.8, 4) is 0 Å². The van der Waals surface area contributed by atoms with E-state index in [0.29, 0.717) is 35.6 Å². The maximum absolute atomic E-state index is 11.7. The van der Waals surface area contributed by atoms with Crippen molar-refractivity contribution in [3.63, 3.8) is 0 Å². The molecule has 0 aliphatic carbocycles. The van der Waals surface area contributed by atoms with Crippen molar-refractivity contribution in [2.24, 2.45) is 0 Å². The van der Waals surface area contributed by atoms with Gasteiger partial charge in [-0.2, -0.15) is 9.97 Å². The maximum Gasteiger partial charge on any atom is 0.347 e. The summed E-state index contributed by atoms with van der Waals surface area (Å²) in [4.78, 5) is 24.9. The fraction of sp³-hybridized carbons (Fsp3) is 0.333. The number of hydrogen-bond donors (Lipinski definition) is 4. The molecular formula is C21H26N6O5S2. The zero-order valence-electron chi connectivity index (χ0n) is 19.1. The molecule has 13 heteroatoms. The summed E-state index contributed by atoms with van der Waals surface area (Å²) in [7, 11) is -1.65. The zero-order chi connectivity index (χ0) is 24.9. The van der Waals surface area contributed by atoms with Crippen LogP contribution in [0, 0.1) is 6.92 Å². The van der Waals surface area contributed by atoms with Crippen molar-refractivity contribution < 1.29 is 23.1 Å². The van der Waals surface area contributed by atoms with E-state index in [1.54, 1.807) is 44.4 Å². The highest BCUT2D eigenvalue weighted by Gasteiger charge is 2.16. The van der Waals surface area contributed by atoms with E-state index in [1.807, 2.05) is 6.92 Å². The molecule has 1 atom stereocenters. The lowest BCUT2D eigenvalue weighted by molar-refractivity contribution is 0.0701. The SMILES string of the molecule is COCC(C)Nc1cc(NCc2ccc(S(C)(=O)=O)cc2)nc(Nc2nc(C)c(C(=O)O)s2)n1. The Morgan fingerprint density at radius 2 is 1.85 bits per heavy atom. The number of nitrogens with zero attached hydrogens (tertiary/aromatic N) is 3. The third-order valence-corrected chi connectivity index (χ3v) is 6.76. The van der Waals surface area contributed by atoms with E-state index in [2.05, 4.69) is 30.9 Å². The third kappa shape index (κ3) is 6.85. The van der Waals surface area contributed by atoms with Gasteiger partial charge in [-0.25, -0.2) is 18.2 Å². The molecule has 182 valence electrons. The number of benzene rings is 1. The van der Waals surface area contributed by atoms with E-state index in [0.717, 1.165) is 23.2 Å². The quantitative estimate of drug-likeness (QED) is 0.303. The van der Waals surface area contributed by atoms with Crippen LogP contribution in [0.4, 0.5) is 22.7 Å². The fourth-order valence-corrected chi connectivity index (χ4v) is 4.43. The second-order valence-electron chi connectivity index (χ2n) is 7.60. The van der Waals surface area contributed by atoms with Crippen molar-refractivity contribution in [1.29, 1.82) is 0 Å². The number of thiazole rings is 1. The second-order valence-corrected chi connectivity index (χ2v) is 10.6. The number of anilines is 4. The monoisotopic (exact) mass is 506 g/mol. The van der Waals surface area contributed by atoms with Gasteiger partial charge in [-0.3, -0.25) is 5.32 Å². The summed E-state index contributed by atoms with van der Waals surface area (Å²) in [6.45, 7) is 4.43. The third-order valence-electron chi connectivity index (χ3n) is 4.57. The summed E-state index contributed by atoms with van der Waals surface area (Å²) in [6, 6.07) is 8.29. The molecule has 0 saturated heterocycles. The van der Waals surface area contributed by atoms with Gasteiger partial charge in [-0.05, 0) is 31.5 Å². The van der Waals surface area contributed by atoms with E-state index in [-0.39, 0.29) is 21.8 Å². The molecule has 0 radical (unpaired) electrons. The van der Waals surface area contributed by atoms with Crippen molar-refractivity contribution >= 4 is 49.9 Å². The number of methoxy groups -OCH3 is 1. The molecule has 0 saturated carbocycles. The van der Waals surface area contributed by atoms with Crippen molar-refractivity contribution in [1.82, 2.24) is 15.0 Å². The molecular weight excluding hydrogens is 480 g/mol. The summed E-state index contributed by atoms with van der Waals surface area (Å²) in [5.41, 5.74) is 1.27. The van der Waals surface area contributed by atoms with Crippen molar-refractivity contribution in [2.75, 3.05) is 35.9 Å². The first-order valence-electron chi connectivity index (χ1n) is 10.2. The minimum atomic E-state index is -3.26. The lowest BCUT2D eigenvalue weighted by Gasteiger charge is -2.16. The first-order valence-corrected chi connectivity index (χ1v) is 12.9. The van der Waals surface area contributed by atoms with Crippen LogP contribution in [-0.2, 0) is 21.1 Å². The Morgan fingerprint density at radius 1 is 1.18 bits per heavy atom. The summed E-state index contributed by atoms with van der Waals surface area (Å²) >= 11 is 0.998. The summed E-state index contributed by atoms with van der Waals surface area (Å²) < 4.78 is 28.5. The van der Waals surface area contributed by atoms with Crippen LogP contribution in [0.2, 0.25) is 0 Å². The average molecular weight is 507 g/mol. The second kappa shape index (κ2) is 10.8. The molecule has 11 nitrogen and oxygen atoms in total. The molecule has 1 aromatic carbocycles. The predicted molar refractivity (Wildman–Crippen MR) is 131 cm³/mol. The smallest absolute Gasteiger partial charge is 0.347 e. The van der Waals surface area contributed by atoms with E-state index >= 15 is 0 Å². The van der Waals surface area contributed by atoms with Crippen LogP contribution in [0.15, 0.2) is 35.2 Å². The highest BCUT2D eigenvalue weighted by Crippen LogP contribution is 2.26. The number of rotatable bonds is 11. The fourth-order valence-electron chi connectivity index (χ4n) is 3.00. The standard InChI is InChI=1S/C21H26N6O5S2/c1-12(11-32-3)23-17-9-16(22-10-14-5-7-15(8-6-14)34(4,30)31)25-20(26-17)27-21-24-13(2)18(33-21)19(28)29/h5-9,12H,10-11H2,1-4H3,(H,28,29)(H3,22,23,24,25,26,27). The van der Waals surface area contributed by atoms with Gasteiger partial charge >= 0.3 is 5.97 Å². The van der Waals surface area contributed by atoms with Gasteiger partial charge < -0.3 is 20.5 Å². The Hall–Kier alpha value is -3.29. The lowest BCUT2D eigenvalue weighted by Crippen LogP contribution is -2.22. The number of aryl methyl sites for hydroxylation is 1. The molecule has 34 heavy (non-hydrogen) atoms. The molecule has 1 unspecified atom stereocenters. The minimum absolute atomic E-state index is 0.0233. The number of carboxylic acids is 1. The van der Waals surface area contributed by atoms with Gasteiger partial charge in [0.15, 0.2) is 15.0 Å². The molecule has 0 spiro atoms. The Bertz CT molecular complexity index is 1260. The van der Waals surface area contributed by atoms with Crippen LogP contribution in [0.25, 0.3) is 0 Å². The number of nitrogens with one attached hydrogen (secondary N) is 3. The van der Waals surface area contributed by atoms with Crippen molar-refractivity contribution in [2.45, 2.75) is 31.3 Å².